The lowest BCUT2D eigenvalue weighted by Gasteiger charge is -2.40. The number of nitrogens with zero attached hydrogens (tertiary/aromatic N) is 4. The second kappa shape index (κ2) is 9.49. The summed E-state index contributed by atoms with van der Waals surface area (Å²) in [6.45, 7) is 10.8. The largest absolute Gasteiger partial charge is 0.356 e. The van der Waals surface area contributed by atoms with Crippen LogP contribution in [0.3, 0.4) is 0 Å². The Balaban J connectivity index is 1.46. The van der Waals surface area contributed by atoms with E-state index in [9.17, 15) is 4.79 Å². The van der Waals surface area contributed by atoms with Gasteiger partial charge >= 0.3 is 0 Å². The Morgan fingerprint density at radius 3 is 2.44 bits per heavy atom. The number of anilines is 1. The minimum Gasteiger partial charge on any atom is -0.356 e. The molecule has 0 aromatic carbocycles. The van der Waals surface area contributed by atoms with Crippen LogP contribution in [0.4, 0.5) is 5.95 Å². The van der Waals surface area contributed by atoms with Gasteiger partial charge in [0, 0.05) is 44.1 Å². The molecule has 2 aliphatic rings. The molecule has 1 aromatic rings. The lowest BCUT2D eigenvalue weighted by molar-refractivity contribution is -0.120. The molecule has 2 aliphatic heterocycles. The first kappa shape index (κ1) is 20.1. The predicted octanol–water partition coefficient (Wildman–Crippen LogP) is 2.63. The highest BCUT2D eigenvalue weighted by molar-refractivity contribution is 5.78. The molecule has 1 amide bonds. The van der Waals surface area contributed by atoms with Crippen molar-refractivity contribution in [2.75, 3.05) is 31.1 Å². The molecule has 0 radical (unpaired) electrons. The summed E-state index contributed by atoms with van der Waals surface area (Å²) in [6, 6.07) is 1.06. The summed E-state index contributed by atoms with van der Waals surface area (Å²) >= 11 is 0. The van der Waals surface area contributed by atoms with Crippen LogP contribution < -0.4 is 10.2 Å². The molecule has 2 fully saturated rings. The molecule has 0 aliphatic carbocycles. The van der Waals surface area contributed by atoms with Gasteiger partial charge in [-0.1, -0.05) is 33.6 Å². The number of carbonyl (C=O) groups is 1. The second-order valence-corrected chi connectivity index (χ2v) is 8.45. The van der Waals surface area contributed by atoms with Gasteiger partial charge in [-0.25, -0.2) is 9.97 Å². The SMILES string of the molecule is CCN1CC2CCC(C1)N2c1ncc(CC(=O)NCCCCC(C)C)cn1. The number of carbonyl (C=O) groups excluding carboxylic acids is 1. The van der Waals surface area contributed by atoms with Crippen molar-refractivity contribution in [2.45, 2.75) is 71.4 Å². The smallest absolute Gasteiger partial charge is 0.225 e. The Labute approximate surface area is 163 Å². The first-order chi connectivity index (χ1) is 13.1. The summed E-state index contributed by atoms with van der Waals surface area (Å²) in [6.07, 6.45) is 9.91. The number of hydrogen-bond acceptors (Lipinski definition) is 5. The van der Waals surface area contributed by atoms with E-state index in [1.807, 2.05) is 12.4 Å². The zero-order valence-electron chi connectivity index (χ0n) is 17.2. The highest BCUT2D eigenvalue weighted by Crippen LogP contribution is 2.32. The van der Waals surface area contributed by atoms with Crippen molar-refractivity contribution >= 4 is 11.9 Å². The van der Waals surface area contributed by atoms with Gasteiger partial charge in [0.05, 0.1) is 6.42 Å². The Bertz CT molecular complexity index is 589. The van der Waals surface area contributed by atoms with E-state index in [1.54, 1.807) is 0 Å². The summed E-state index contributed by atoms with van der Waals surface area (Å²) in [7, 11) is 0. The molecule has 0 saturated carbocycles. The zero-order valence-corrected chi connectivity index (χ0v) is 17.2. The first-order valence-corrected chi connectivity index (χ1v) is 10.6. The number of hydrogen-bond donors (Lipinski definition) is 1. The molecule has 6 heteroatoms. The lowest BCUT2D eigenvalue weighted by Crippen LogP contribution is -2.54. The summed E-state index contributed by atoms with van der Waals surface area (Å²) in [5.41, 5.74) is 0.887. The van der Waals surface area contributed by atoms with Gasteiger partial charge < -0.3 is 10.2 Å². The molecule has 150 valence electrons. The fourth-order valence-corrected chi connectivity index (χ4v) is 4.30. The van der Waals surface area contributed by atoms with Crippen LogP contribution in [-0.4, -0.2) is 59.0 Å². The number of fused-ring (bicyclic) bond motifs is 2. The topological polar surface area (TPSA) is 61.4 Å². The van der Waals surface area contributed by atoms with Crippen LogP contribution in [0.5, 0.6) is 0 Å². The van der Waals surface area contributed by atoms with Crippen LogP contribution in [0.25, 0.3) is 0 Å². The minimum atomic E-state index is 0.0625. The lowest BCUT2D eigenvalue weighted by atomic mass is 10.1. The van der Waals surface area contributed by atoms with Gasteiger partial charge in [0.15, 0.2) is 0 Å². The van der Waals surface area contributed by atoms with Crippen LogP contribution in [0, 0.1) is 5.92 Å². The number of amides is 1. The highest BCUT2D eigenvalue weighted by atomic mass is 16.1. The molecule has 6 nitrogen and oxygen atoms in total. The van der Waals surface area contributed by atoms with Crippen molar-refractivity contribution in [1.82, 2.24) is 20.2 Å². The third kappa shape index (κ3) is 5.41. The molecule has 2 unspecified atom stereocenters. The van der Waals surface area contributed by atoms with E-state index in [0.29, 0.717) is 18.5 Å². The highest BCUT2D eigenvalue weighted by Gasteiger charge is 2.40. The fourth-order valence-electron chi connectivity index (χ4n) is 4.30. The Morgan fingerprint density at radius 2 is 1.85 bits per heavy atom. The molecule has 27 heavy (non-hydrogen) atoms. The van der Waals surface area contributed by atoms with E-state index in [1.165, 1.54) is 25.7 Å². The Morgan fingerprint density at radius 1 is 1.19 bits per heavy atom. The molecular formula is C21H35N5O. The number of rotatable bonds is 9. The van der Waals surface area contributed by atoms with Crippen molar-refractivity contribution in [3.8, 4) is 0 Å². The average Bonchev–Trinajstić information content (AvgIpc) is 2.91. The van der Waals surface area contributed by atoms with Crippen molar-refractivity contribution in [1.29, 1.82) is 0 Å². The van der Waals surface area contributed by atoms with Gasteiger partial charge in [-0.2, -0.15) is 0 Å². The third-order valence-electron chi connectivity index (χ3n) is 5.82. The van der Waals surface area contributed by atoms with Gasteiger partial charge in [-0.15, -0.1) is 0 Å². The summed E-state index contributed by atoms with van der Waals surface area (Å²) in [5.74, 6) is 1.63. The number of nitrogens with one attached hydrogen (secondary N) is 1. The number of piperazine rings is 1. The Hall–Kier alpha value is -1.69. The van der Waals surface area contributed by atoms with Crippen molar-refractivity contribution in [3.05, 3.63) is 18.0 Å². The quantitative estimate of drug-likeness (QED) is 0.674. The molecule has 2 bridgehead atoms. The molecule has 0 spiro atoms. The molecule has 3 heterocycles. The zero-order chi connectivity index (χ0) is 19.2. The van der Waals surface area contributed by atoms with Gasteiger partial charge in [0.1, 0.15) is 0 Å². The summed E-state index contributed by atoms with van der Waals surface area (Å²) < 4.78 is 0. The van der Waals surface area contributed by atoms with Crippen LogP contribution >= 0.6 is 0 Å². The molecule has 1 N–H and O–H groups in total. The standard InChI is InChI=1S/C21H35N5O/c1-4-25-14-18-8-9-19(15-25)26(18)21-23-12-17(13-24-21)11-20(27)22-10-6-5-7-16(2)3/h12-13,16,18-19H,4-11,14-15H2,1-3H3,(H,22,27). The van der Waals surface area contributed by atoms with Crippen molar-refractivity contribution in [2.24, 2.45) is 5.92 Å². The minimum absolute atomic E-state index is 0.0625. The van der Waals surface area contributed by atoms with E-state index in [-0.39, 0.29) is 5.91 Å². The van der Waals surface area contributed by atoms with E-state index < -0.39 is 0 Å². The summed E-state index contributed by atoms with van der Waals surface area (Å²) in [4.78, 5) is 26.2. The predicted molar refractivity (Wildman–Crippen MR) is 109 cm³/mol. The molecule has 3 rings (SSSR count). The van der Waals surface area contributed by atoms with Gasteiger partial charge in [-0.3, -0.25) is 9.69 Å². The van der Waals surface area contributed by atoms with Crippen LogP contribution in [0.1, 0.15) is 58.4 Å². The monoisotopic (exact) mass is 373 g/mol. The maximum absolute atomic E-state index is 12.1. The fraction of sp³-hybridized carbons (Fsp3) is 0.762. The molecule has 1 aromatic heterocycles. The second-order valence-electron chi connectivity index (χ2n) is 8.45. The molecular weight excluding hydrogens is 338 g/mol. The van der Waals surface area contributed by atoms with E-state index >= 15 is 0 Å². The molecule has 2 atom stereocenters. The number of likely N-dealkylation sites (N-methyl/N-ethyl adjacent to an activating group) is 1. The maximum atomic E-state index is 12.1. The van der Waals surface area contributed by atoms with Crippen LogP contribution in [0.15, 0.2) is 12.4 Å². The number of unbranched alkanes of at least 4 members (excludes halogenated alkanes) is 1. The van der Waals surface area contributed by atoms with Gasteiger partial charge in [-0.05, 0) is 37.3 Å². The normalized spacial score (nSPS) is 22.4. The third-order valence-corrected chi connectivity index (χ3v) is 5.82. The van der Waals surface area contributed by atoms with E-state index in [4.69, 9.17) is 0 Å². The maximum Gasteiger partial charge on any atom is 0.225 e. The van der Waals surface area contributed by atoms with E-state index in [0.717, 1.165) is 50.0 Å². The van der Waals surface area contributed by atoms with Crippen LogP contribution in [-0.2, 0) is 11.2 Å². The first-order valence-electron chi connectivity index (χ1n) is 10.6. The molecule has 2 saturated heterocycles. The van der Waals surface area contributed by atoms with Gasteiger partial charge in [0.2, 0.25) is 11.9 Å². The Kier molecular flexibility index (Phi) is 7.05. The van der Waals surface area contributed by atoms with Crippen molar-refractivity contribution < 1.29 is 4.79 Å². The average molecular weight is 374 g/mol. The van der Waals surface area contributed by atoms with E-state index in [2.05, 4.69) is 45.9 Å². The number of aromatic nitrogens is 2. The van der Waals surface area contributed by atoms with Crippen LogP contribution in [0.2, 0.25) is 0 Å². The van der Waals surface area contributed by atoms with Gasteiger partial charge in [0.25, 0.3) is 0 Å². The summed E-state index contributed by atoms with van der Waals surface area (Å²) in [5, 5.41) is 3.01. The number of likely N-dealkylation sites (tertiary alicyclic amines) is 1. The van der Waals surface area contributed by atoms with Crippen molar-refractivity contribution in [3.63, 3.8) is 0 Å².